The number of hydrogen-bond donors (Lipinski definition) is 0. The van der Waals surface area contributed by atoms with E-state index in [9.17, 15) is 9.59 Å². The van der Waals surface area contributed by atoms with Gasteiger partial charge in [0, 0.05) is 50.5 Å². The maximum atomic E-state index is 13.0. The predicted molar refractivity (Wildman–Crippen MR) is 104 cm³/mol. The summed E-state index contributed by atoms with van der Waals surface area (Å²) in [4.78, 5) is 35.2. The molecule has 7 heteroatoms. The van der Waals surface area contributed by atoms with E-state index in [-0.39, 0.29) is 12.0 Å². The number of anilines is 1. The van der Waals surface area contributed by atoms with Gasteiger partial charge in [-0.2, -0.15) is 0 Å². The van der Waals surface area contributed by atoms with Crippen LogP contribution in [0.15, 0.2) is 18.3 Å². The third kappa shape index (κ3) is 4.51. The minimum Gasteiger partial charge on any atom is -0.450 e. The molecule has 1 unspecified atom stereocenters. The van der Waals surface area contributed by atoms with Crippen molar-refractivity contribution in [2.24, 2.45) is 0 Å². The zero-order valence-electron chi connectivity index (χ0n) is 16.4. The molecule has 148 valence electrons. The van der Waals surface area contributed by atoms with Crippen LogP contribution in [0.3, 0.4) is 0 Å². The van der Waals surface area contributed by atoms with Crippen LogP contribution in [0.2, 0.25) is 0 Å². The van der Waals surface area contributed by atoms with Crippen LogP contribution in [0, 0.1) is 0 Å². The summed E-state index contributed by atoms with van der Waals surface area (Å²) in [6.45, 7) is 7.76. The Kier molecular flexibility index (Phi) is 6.53. The van der Waals surface area contributed by atoms with Crippen LogP contribution in [0.4, 0.5) is 10.6 Å². The van der Waals surface area contributed by atoms with Gasteiger partial charge in [-0.25, -0.2) is 9.78 Å². The number of aromatic nitrogens is 1. The number of pyridine rings is 1. The molecule has 0 aliphatic carbocycles. The second-order valence-electron chi connectivity index (χ2n) is 7.13. The number of ether oxygens (including phenoxy) is 1. The molecule has 27 heavy (non-hydrogen) atoms. The molecule has 0 radical (unpaired) electrons. The van der Waals surface area contributed by atoms with Gasteiger partial charge in [-0.15, -0.1) is 0 Å². The van der Waals surface area contributed by atoms with Gasteiger partial charge in [-0.3, -0.25) is 4.79 Å². The predicted octanol–water partition coefficient (Wildman–Crippen LogP) is 2.76. The molecule has 1 aromatic heterocycles. The molecule has 1 aromatic rings. The van der Waals surface area contributed by atoms with Crippen molar-refractivity contribution >= 4 is 17.8 Å². The highest BCUT2D eigenvalue weighted by molar-refractivity contribution is 5.95. The Morgan fingerprint density at radius 1 is 1.15 bits per heavy atom. The Bertz CT molecular complexity index is 658. The van der Waals surface area contributed by atoms with E-state index in [1.165, 1.54) is 6.42 Å². The first-order valence-electron chi connectivity index (χ1n) is 10.1. The third-order valence-corrected chi connectivity index (χ3v) is 5.48. The highest BCUT2D eigenvalue weighted by atomic mass is 16.6. The fraction of sp³-hybridized carbons (Fsp3) is 0.650. The van der Waals surface area contributed by atoms with Crippen molar-refractivity contribution in [1.82, 2.24) is 14.8 Å². The van der Waals surface area contributed by atoms with Crippen LogP contribution in [-0.2, 0) is 4.74 Å². The Morgan fingerprint density at radius 2 is 1.93 bits per heavy atom. The van der Waals surface area contributed by atoms with Gasteiger partial charge in [0.25, 0.3) is 5.91 Å². The fourth-order valence-electron chi connectivity index (χ4n) is 3.92. The van der Waals surface area contributed by atoms with Crippen molar-refractivity contribution in [1.29, 1.82) is 0 Å². The summed E-state index contributed by atoms with van der Waals surface area (Å²) in [7, 11) is 0. The van der Waals surface area contributed by atoms with E-state index in [0.29, 0.717) is 44.4 Å². The molecular weight excluding hydrogens is 344 g/mol. The van der Waals surface area contributed by atoms with Gasteiger partial charge in [-0.05, 0) is 44.7 Å². The van der Waals surface area contributed by atoms with Gasteiger partial charge in [0.05, 0.1) is 6.61 Å². The molecule has 2 saturated heterocycles. The monoisotopic (exact) mass is 374 g/mol. The standard InChI is InChI=1S/C20H30N4O3/c1-3-17-7-5-6-10-24(17)19(25)16-8-9-21-18(15-16)22-11-13-23(14-12-22)20(26)27-4-2/h8-9,15,17H,3-7,10-14H2,1-2H3. The SMILES string of the molecule is CCOC(=O)N1CCN(c2cc(C(=O)N3CCCCC3CC)ccn2)CC1. The number of hydrogen-bond acceptors (Lipinski definition) is 5. The van der Waals surface area contributed by atoms with Crippen molar-refractivity contribution in [2.45, 2.75) is 45.6 Å². The zero-order chi connectivity index (χ0) is 19.2. The molecule has 1 atom stereocenters. The Balaban J connectivity index is 1.65. The van der Waals surface area contributed by atoms with Crippen LogP contribution >= 0.6 is 0 Å². The fourth-order valence-corrected chi connectivity index (χ4v) is 3.92. The zero-order valence-corrected chi connectivity index (χ0v) is 16.4. The van der Waals surface area contributed by atoms with Gasteiger partial charge in [0.15, 0.2) is 0 Å². The third-order valence-electron chi connectivity index (χ3n) is 5.48. The first-order chi connectivity index (χ1) is 13.1. The van der Waals surface area contributed by atoms with E-state index in [0.717, 1.165) is 31.6 Å². The molecule has 0 spiro atoms. The quantitative estimate of drug-likeness (QED) is 0.811. The lowest BCUT2D eigenvalue weighted by atomic mass is 9.99. The van der Waals surface area contributed by atoms with E-state index >= 15 is 0 Å². The summed E-state index contributed by atoms with van der Waals surface area (Å²) in [6, 6.07) is 4.04. The lowest BCUT2D eigenvalue weighted by Crippen LogP contribution is -2.49. The van der Waals surface area contributed by atoms with Gasteiger partial charge < -0.3 is 19.4 Å². The summed E-state index contributed by atoms with van der Waals surface area (Å²) >= 11 is 0. The van der Waals surface area contributed by atoms with Crippen LogP contribution in [-0.4, -0.2) is 72.2 Å². The maximum absolute atomic E-state index is 13.0. The summed E-state index contributed by atoms with van der Waals surface area (Å²) in [6.07, 6.45) is 5.83. The molecular formula is C20H30N4O3. The van der Waals surface area contributed by atoms with Crippen LogP contribution in [0.5, 0.6) is 0 Å². The summed E-state index contributed by atoms with van der Waals surface area (Å²) in [5.41, 5.74) is 0.702. The van der Waals surface area contributed by atoms with Gasteiger partial charge in [0.1, 0.15) is 5.82 Å². The van der Waals surface area contributed by atoms with E-state index in [1.54, 1.807) is 11.1 Å². The van der Waals surface area contributed by atoms with Crippen molar-refractivity contribution in [3.05, 3.63) is 23.9 Å². The molecule has 0 N–H and O–H groups in total. The van der Waals surface area contributed by atoms with Crippen molar-refractivity contribution in [3.8, 4) is 0 Å². The average molecular weight is 374 g/mol. The number of nitrogens with zero attached hydrogens (tertiary/aromatic N) is 4. The number of carbonyl (C=O) groups excluding carboxylic acids is 2. The lowest BCUT2D eigenvalue weighted by molar-refractivity contribution is 0.0608. The molecule has 2 aliphatic heterocycles. The van der Waals surface area contributed by atoms with Crippen LogP contribution in [0.25, 0.3) is 0 Å². The minimum atomic E-state index is -0.259. The van der Waals surface area contributed by atoms with Crippen LogP contribution < -0.4 is 4.90 Å². The van der Waals surface area contributed by atoms with Crippen molar-refractivity contribution in [3.63, 3.8) is 0 Å². The molecule has 2 fully saturated rings. The van der Waals surface area contributed by atoms with Crippen LogP contribution in [0.1, 0.15) is 49.9 Å². The molecule has 0 saturated carbocycles. The number of rotatable bonds is 4. The number of carbonyl (C=O) groups is 2. The molecule has 2 aliphatic rings. The maximum Gasteiger partial charge on any atom is 0.409 e. The van der Waals surface area contributed by atoms with Gasteiger partial charge in [0.2, 0.25) is 0 Å². The molecule has 3 rings (SSSR count). The topological polar surface area (TPSA) is 66.0 Å². The highest BCUT2D eigenvalue weighted by Gasteiger charge is 2.27. The van der Waals surface area contributed by atoms with Crippen molar-refractivity contribution < 1.29 is 14.3 Å². The normalized spacial score (nSPS) is 20.5. The number of likely N-dealkylation sites (tertiary alicyclic amines) is 1. The molecule has 2 amide bonds. The van der Waals surface area contributed by atoms with E-state index in [2.05, 4.69) is 16.8 Å². The molecule has 0 aromatic carbocycles. The largest absolute Gasteiger partial charge is 0.450 e. The smallest absolute Gasteiger partial charge is 0.409 e. The Morgan fingerprint density at radius 3 is 2.63 bits per heavy atom. The van der Waals surface area contributed by atoms with Gasteiger partial charge >= 0.3 is 6.09 Å². The summed E-state index contributed by atoms with van der Waals surface area (Å²) in [5, 5.41) is 0. The highest BCUT2D eigenvalue weighted by Crippen LogP contribution is 2.23. The first-order valence-corrected chi connectivity index (χ1v) is 10.1. The molecule has 3 heterocycles. The minimum absolute atomic E-state index is 0.107. The second-order valence-corrected chi connectivity index (χ2v) is 7.13. The summed E-state index contributed by atoms with van der Waals surface area (Å²) in [5.74, 6) is 0.907. The molecule has 7 nitrogen and oxygen atoms in total. The second kappa shape index (κ2) is 9.06. The first kappa shape index (κ1) is 19.5. The van der Waals surface area contributed by atoms with E-state index in [4.69, 9.17) is 4.74 Å². The molecule has 0 bridgehead atoms. The Labute approximate surface area is 161 Å². The number of amides is 2. The number of piperazine rings is 1. The lowest BCUT2D eigenvalue weighted by Gasteiger charge is -2.36. The average Bonchev–Trinajstić information content (AvgIpc) is 2.73. The Hall–Kier alpha value is -2.31. The van der Waals surface area contributed by atoms with Crippen molar-refractivity contribution in [2.75, 3.05) is 44.2 Å². The number of piperidine rings is 1. The summed E-state index contributed by atoms with van der Waals surface area (Å²) < 4.78 is 5.06. The van der Waals surface area contributed by atoms with Gasteiger partial charge in [-0.1, -0.05) is 6.92 Å². The van der Waals surface area contributed by atoms with E-state index < -0.39 is 0 Å². The van der Waals surface area contributed by atoms with E-state index in [1.807, 2.05) is 24.0 Å².